The van der Waals surface area contributed by atoms with Crippen LogP contribution in [0.25, 0.3) is 0 Å². The summed E-state index contributed by atoms with van der Waals surface area (Å²) in [6, 6.07) is 11.3. The standard InChI is InChI=1S/C20H22N2O3/c1-12-6-8-15(14(3)10-12)21-18(23)20(4)19(24)22(5)16-11-13(2)7-9-17(16)25-20/h6-11H,1-5H3,(H,21,23). The van der Waals surface area contributed by atoms with Crippen LogP contribution in [0.1, 0.15) is 23.6 Å². The Hall–Kier alpha value is -2.82. The van der Waals surface area contributed by atoms with E-state index in [1.165, 1.54) is 11.8 Å². The van der Waals surface area contributed by atoms with Crippen molar-refractivity contribution in [2.45, 2.75) is 33.3 Å². The molecule has 130 valence electrons. The lowest BCUT2D eigenvalue weighted by molar-refractivity contribution is -0.144. The van der Waals surface area contributed by atoms with Gasteiger partial charge in [0.1, 0.15) is 5.75 Å². The van der Waals surface area contributed by atoms with Gasteiger partial charge in [0.15, 0.2) is 0 Å². The Bertz CT molecular complexity index is 875. The number of benzene rings is 2. The zero-order valence-electron chi connectivity index (χ0n) is 15.1. The summed E-state index contributed by atoms with van der Waals surface area (Å²) >= 11 is 0. The summed E-state index contributed by atoms with van der Waals surface area (Å²) in [6.45, 7) is 7.35. The van der Waals surface area contributed by atoms with Gasteiger partial charge in [-0.25, -0.2) is 0 Å². The average Bonchev–Trinajstić information content (AvgIpc) is 2.56. The molecule has 2 amide bonds. The van der Waals surface area contributed by atoms with Gasteiger partial charge < -0.3 is 15.0 Å². The van der Waals surface area contributed by atoms with Crippen LogP contribution in [0, 0.1) is 20.8 Å². The largest absolute Gasteiger partial charge is 0.465 e. The van der Waals surface area contributed by atoms with Crippen molar-refractivity contribution >= 4 is 23.2 Å². The fourth-order valence-corrected chi connectivity index (χ4v) is 3.01. The van der Waals surface area contributed by atoms with E-state index in [1.54, 1.807) is 13.1 Å². The van der Waals surface area contributed by atoms with Crippen LogP contribution in [0.5, 0.6) is 5.75 Å². The number of hydrogen-bond acceptors (Lipinski definition) is 3. The van der Waals surface area contributed by atoms with E-state index in [-0.39, 0.29) is 0 Å². The van der Waals surface area contributed by atoms with E-state index in [2.05, 4.69) is 5.32 Å². The maximum Gasteiger partial charge on any atom is 0.280 e. The summed E-state index contributed by atoms with van der Waals surface area (Å²) in [5.74, 6) is -0.360. The van der Waals surface area contributed by atoms with Crippen LogP contribution in [-0.2, 0) is 9.59 Å². The minimum Gasteiger partial charge on any atom is -0.465 e. The Morgan fingerprint density at radius 1 is 1.08 bits per heavy atom. The Balaban J connectivity index is 1.94. The number of rotatable bonds is 2. The fourth-order valence-electron chi connectivity index (χ4n) is 3.01. The highest BCUT2D eigenvalue weighted by atomic mass is 16.5. The summed E-state index contributed by atoms with van der Waals surface area (Å²) in [6.07, 6.45) is 0. The Kier molecular flexibility index (Phi) is 4.03. The first-order valence-corrected chi connectivity index (χ1v) is 8.19. The molecule has 1 heterocycles. The molecular formula is C20H22N2O3. The molecule has 5 heteroatoms. The lowest BCUT2D eigenvalue weighted by Gasteiger charge is -2.38. The second-order valence-electron chi connectivity index (χ2n) is 6.74. The molecule has 25 heavy (non-hydrogen) atoms. The van der Waals surface area contributed by atoms with Crippen LogP contribution in [0.3, 0.4) is 0 Å². The monoisotopic (exact) mass is 338 g/mol. The third-order valence-electron chi connectivity index (χ3n) is 4.57. The van der Waals surface area contributed by atoms with Gasteiger partial charge >= 0.3 is 0 Å². The van der Waals surface area contributed by atoms with E-state index >= 15 is 0 Å². The van der Waals surface area contributed by atoms with E-state index in [4.69, 9.17) is 4.74 Å². The van der Waals surface area contributed by atoms with Gasteiger partial charge in [-0.2, -0.15) is 0 Å². The quantitative estimate of drug-likeness (QED) is 0.854. The molecule has 1 atom stereocenters. The number of amides is 2. The Morgan fingerprint density at radius 3 is 2.40 bits per heavy atom. The summed E-state index contributed by atoms with van der Waals surface area (Å²) in [5, 5.41) is 2.83. The molecule has 0 spiro atoms. The predicted octanol–water partition coefficient (Wildman–Crippen LogP) is 3.36. The minimum absolute atomic E-state index is 0.395. The first-order chi connectivity index (χ1) is 11.7. The Morgan fingerprint density at radius 2 is 1.72 bits per heavy atom. The summed E-state index contributed by atoms with van der Waals surface area (Å²) < 4.78 is 5.85. The molecule has 2 aromatic carbocycles. The van der Waals surface area contributed by atoms with Gasteiger partial charge in [-0.3, -0.25) is 9.59 Å². The lowest BCUT2D eigenvalue weighted by Crippen LogP contribution is -2.59. The zero-order chi connectivity index (χ0) is 18.4. The van der Waals surface area contributed by atoms with Gasteiger partial charge in [0.05, 0.1) is 5.69 Å². The van der Waals surface area contributed by atoms with E-state index in [0.717, 1.165) is 16.7 Å². The van der Waals surface area contributed by atoms with Crippen LogP contribution in [0.15, 0.2) is 36.4 Å². The van der Waals surface area contributed by atoms with Crippen LogP contribution >= 0.6 is 0 Å². The van der Waals surface area contributed by atoms with E-state index in [9.17, 15) is 9.59 Å². The van der Waals surface area contributed by atoms with Crippen molar-refractivity contribution in [3.63, 3.8) is 0 Å². The molecule has 0 bridgehead atoms. The number of anilines is 2. The highest BCUT2D eigenvalue weighted by Gasteiger charge is 2.49. The van der Waals surface area contributed by atoms with Crippen molar-refractivity contribution in [2.75, 3.05) is 17.3 Å². The van der Waals surface area contributed by atoms with Crippen molar-refractivity contribution in [3.8, 4) is 5.75 Å². The zero-order valence-corrected chi connectivity index (χ0v) is 15.1. The average molecular weight is 338 g/mol. The van der Waals surface area contributed by atoms with Gasteiger partial charge in [0.25, 0.3) is 17.4 Å². The van der Waals surface area contributed by atoms with Crippen LogP contribution < -0.4 is 15.0 Å². The van der Waals surface area contributed by atoms with Crippen molar-refractivity contribution in [3.05, 3.63) is 53.1 Å². The number of nitrogens with zero attached hydrogens (tertiary/aromatic N) is 1. The smallest absolute Gasteiger partial charge is 0.280 e. The number of carbonyl (C=O) groups excluding carboxylic acids is 2. The lowest BCUT2D eigenvalue weighted by atomic mass is 9.99. The highest BCUT2D eigenvalue weighted by Crippen LogP contribution is 2.38. The number of fused-ring (bicyclic) bond motifs is 1. The Labute approximate surface area is 147 Å². The number of hydrogen-bond donors (Lipinski definition) is 1. The van der Waals surface area contributed by atoms with E-state index in [1.807, 2.05) is 51.1 Å². The van der Waals surface area contributed by atoms with Crippen LogP contribution in [0.2, 0.25) is 0 Å². The van der Waals surface area contributed by atoms with Crippen LogP contribution in [0.4, 0.5) is 11.4 Å². The predicted molar refractivity (Wildman–Crippen MR) is 98.2 cm³/mol. The second kappa shape index (κ2) is 5.92. The number of carbonyl (C=O) groups is 2. The minimum atomic E-state index is -1.62. The number of ether oxygens (including phenoxy) is 1. The number of nitrogens with one attached hydrogen (secondary N) is 1. The third kappa shape index (κ3) is 2.86. The van der Waals surface area contributed by atoms with E-state index < -0.39 is 17.4 Å². The van der Waals surface area contributed by atoms with Crippen molar-refractivity contribution in [1.29, 1.82) is 0 Å². The molecule has 1 aliphatic rings. The molecule has 0 radical (unpaired) electrons. The number of aryl methyl sites for hydroxylation is 3. The van der Waals surface area contributed by atoms with Gasteiger partial charge in [0.2, 0.25) is 0 Å². The molecule has 0 aliphatic carbocycles. The molecule has 0 saturated heterocycles. The van der Waals surface area contributed by atoms with Gasteiger partial charge in [-0.15, -0.1) is 0 Å². The molecule has 1 aliphatic heterocycles. The summed E-state index contributed by atoms with van der Waals surface area (Å²) in [5.41, 5.74) is 2.78. The summed E-state index contributed by atoms with van der Waals surface area (Å²) in [4.78, 5) is 27.2. The SMILES string of the molecule is Cc1ccc(NC(=O)C2(C)Oc3ccc(C)cc3N(C)C2=O)c(C)c1. The molecule has 0 saturated carbocycles. The first-order valence-electron chi connectivity index (χ1n) is 8.19. The second-order valence-corrected chi connectivity index (χ2v) is 6.74. The molecule has 2 aromatic rings. The summed E-state index contributed by atoms with van der Waals surface area (Å²) in [7, 11) is 1.66. The third-order valence-corrected chi connectivity index (χ3v) is 4.57. The molecular weight excluding hydrogens is 316 g/mol. The van der Waals surface area contributed by atoms with Gasteiger partial charge in [0, 0.05) is 12.7 Å². The maximum absolute atomic E-state index is 12.9. The van der Waals surface area contributed by atoms with Crippen molar-refractivity contribution in [1.82, 2.24) is 0 Å². The van der Waals surface area contributed by atoms with Gasteiger partial charge in [-0.05, 0) is 57.0 Å². The topological polar surface area (TPSA) is 58.6 Å². The molecule has 1 unspecified atom stereocenters. The number of likely N-dealkylation sites (N-methyl/N-ethyl adjacent to an activating group) is 1. The first kappa shape index (κ1) is 17.0. The van der Waals surface area contributed by atoms with Crippen molar-refractivity contribution < 1.29 is 14.3 Å². The van der Waals surface area contributed by atoms with Gasteiger partial charge in [-0.1, -0.05) is 23.8 Å². The normalized spacial score (nSPS) is 19.2. The molecule has 3 rings (SSSR count). The van der Waals surface area contributed by atoms with Crippen LogP contribution in [-0.4, -0.2) is 24.5 Å². The highest BCUT2D eigenvalue weighted by molar-refractivity contribution is 6.19. The molecule has 5 nitrogen and oxygen atoms in total. The van der Waals surface area contributed by atoms with E-state index in [0.29, 0.717) is 17.1 Å². The van der Waals surface area contributed by atoms with Crippen molar-refractivity contribution in [2.24, 2.45) is 0 Å². The fraction of sp³-hybridized carbons (Fsp3) is 0.300. The molecule has 0 aromatic heterocycles. The molecule has 0 fully saturated rings. The molecule has 1 N–H and O–H groups in total. The maximum atomic E-state index is 12.9.